The highest BCUT2D eigenvalue weighted by molar-refractivity contribution is 5.75. The number of hydrogen-bond acceptors (Lipinski definition) is 3. The number of nitrogens with one attached hydrogen (secondary N) is 2. The van der Waals surface area contributed by atoms with Crippen molar-refractivity contribution in [3.63, 3.8) is 0 Å². The predicted molar refractivity (Wildman–Crippen MR) is 79.7 cm³/mol. The number of carbonyl (C=O) groups excluding carboxylic acids is 1. The average molecular weight is 276 g/mol. The van der Waals surface area contributed by atoms with E-state index in [9.17, 15) is 4.79 Å². The molecule has 4 nitrogen and oxygen atoms in total. The molecule has 4 heteroatoms. The summed E-state index contributed by atoms with van der Waals surface area (Å²) in [6.45, 7) is 2.76. The standard InChI is InChI=1S/C16H24N2O2/c1-20-15-4-2-3-14(11-15)12-18-16(19)6-5-13-7-9-17-10-8-13/h2-4,11,13,17H,5-10,12H2,1H3,(H,18,19). The molecular weight excluding hydrogens is 252 g/mol. The first-order valence-corrected chi connectivity index (χ1v) is 7.38. The van der Waals surface area contributed by atoms with E-state index in [0.29, 0.717) is 18.9 Å². The molecule has 2 rings (SSSR count). The van der Waals surface area contributed by atoms with E-state index < -0.39 is 0 Å². The highest BCUT2D eigenvalue weighted by atomic mass is 16.5. The van der Waals surface area contributed by atoms with E-state index in [4.69, 9.17) is 4.74 Å². The maximum Gasteiger partial charge on any atom is 0.220 e. The lowest BCUT2D eigenvalue weighted by molar-refractivity contribution is -0.121. The Morgan fingerprint density at radius 3 is 2.95 bits per heavy atom. The molecular formula is C16H24N2O2. The van der Waals surface area contributed by atoms with Crippen LogP contribution in [0.1, 0.15) is 31.2 Å². The Bertz CT molecular complexity index is 428. The summed E-state index contributed by atoms with van der Waals surface area (Å²) < 4.78 is 5.17. The maximum atomic E-state index is 11.9. The van der Waals surface area contributed by atoms with Crippen LogP contribution in [0.3, 0.4) is 0 Å². The third-order valence-electron chi connectivity index (χ3n) is 3.86. The van der Waals surface area contributed by atoms with Crippen molar-refractivity contribution in [2.45, 2.75) is 32.2 Å². The third kappa shape index (κ3) is 4.85. The molecule has 1 heterocycles. The number of ether oxygens (including phenoxy) is 1. The van der Waals surface area contributed by atoms with E-state index in [1.54, 1.807) is 7.11 Å². The fourth-order valence-electron chi connectivity index (χ4n) is 2.58. The van der Waals surface area contributed by atoms with Crippen LogP contribution in [0.25, 0.3) is 0 Å². The smallest absolute Gasteiger partial charge is 0.220 e. The van der Waals surface area contributed by atoms with Gasteiger partial charge in [-0.2, -0.15) is 0 Å². The fraction of sp³-hybridized carbons (Fsp3) is 0.562. The Morgan fingerprint density at radius 1 is 1.40 bits per heavy atom. The largest absolute Gasteiger partial charge is 0.497 e. The Hall–Kier alpha value is -1.55. The lowest BCUT2D eigenvalue weighted by Crippen LogP contribution is -2.29. The van der Waals surface area contributed by atoms with Crippen LogP contribution >= 0.6 is 0 Å². The summed E-state index contributed by atoms with van der Waals surface area (Å²) in [5.74, 6) is 1.68. The minimum Gasteiger partial charge on any atom is -0.497 e. The van der Waals surface area contributed by atoms with Gasteiger partial charge >= 0.3 is 0 Å². The summed E-state index contributed by atoms with van der Waals surface area (Å²) in [7, 11) is 1.65. The molecule has 1 amide bonds. The molecule has 0 spiro atoms. The van der Waals surface area contributed by atoms with Gasteiger partial charge in [0.25, 0.3) is 0 Å². The second kappa shape index (κ2) is 7.90. The number of amides is 1. The van der Waals surface area contributed by atoms with E-state index in [-0.39, 0.29) is 5.91 Å². The predicted octanol–water partition coefficient (Wildman–Crippen LogP) is 2.09. The van der Waals surface area contributed by atoms with E-state index in [1.165, 1.54) is 12.8 Å². The number of piperidine rings is 1. The molecule has 0 aromatic heterocycles. The third-order valence-corrected chi connectivity index (χ3v) is 3.86. The van der Waals surface area contributed by atoms with Crippen molar-refractivity contribution in [1.82, 2.24) is 10.6 Å². The van der Waals surface area contributed by atoms with Gasteiger partial charge in [0.1, 0.15) is 5.75 Å². The molecule has 0 atom stereocenters. The van der Waals surface area contributed by atoms with Crippen molar-refractivity contribution in [3.8, 4) is 5.75 Å². The van der Waals surface area contributed by atoms with Crippen LogP contribution in [-0.4, -0.2) is 26.1 Å². The summed E-state index contributed by atoms with van der Waals surface area (Å²) in [6, 6.07) is 7.79. The maximum absolute atomic E-state index is 11.9. The van der Waals surface area contributed by atoms with Crippen LogP contribution in [0, 0.1) is 5.92 Å². The molecule has 1 saturated heterocycles. The quantitative estimate of drug-likeness (QED) is 0.836. The zero-order chi connectivity index (χ0) is 14.2. The van der Waals surface area contributed by atoms with Crippen molar-refractivity contribution in [2.75, 3.05) is 20.2 Å². The summed E-state index contributed by atoms with van der Waals surface area (Å²) in [5.41, 5.74) is 1.07. The Labute approximate surface area is 120 Å². The van der Waals surface area contributed by atoms with Gasteiger partial charge in [-0.1, -0.05) is 12.1 Å². The molecule has 0 bridgehead atoms. The molecule has 110 valence electrons. The van der Waals surface area contributed by atoms with Gasteiger partial charge in [-0.15, -0.1) is 0 Å². The summed E-state index contributed by atoms with van der Waals surface area (Å²) in [6.07, 6.45) is 4.03. The van der Waals surface area contributed by atoms with Crippen molar-refractivity contribution < 1.29 is 9.53 Å². The molecule has 1 aliphatic rings. The summed E-state index contributed by atoms with van der Waals surface area (Å²) >= 11 is 0. The topological polar surface area (TPSA) is 50.4 Å². The molecule has 0 unspecified atom stereocenters. The average Bonchev–Trinajstić information content (AvgIpc) is 2.52. The number of benzene rings is 1. The van der Waals surface area contributed by atoms with Gasteiger partial charge < -0.3 is 15.4 Å². The van der Waals surface area contributed by atoms with Crippen molar-refractivity contribution in [2.24, 2.45) is 5.92 Å². The number of carbonyl (C=O) groups is 1. The molecule has 0 aliphatic carbocycles. The van der Waals surface area contributed by atoms with Crippen molar-refractivity contribution in [3.05, 3.63) is 29.8 Å². The van der Waals surface area contributed by atoms with Crippen molar-refractivity contribution >= 4 is 5.91 Å². The minimum absolute atomic E-state index is 0.145. The fourth-order valence-corrected chi connectivity index (χ4v) is 2.58. The lowest BCUT2D eigenvalue weighted by atomic mass is 9.93. The first-order chi connectivity index (χ1) is 9.78. The second-order valence-electron chi connectivity index (χ2n) is 5.36. The number of methoxy groups -OCH3 is 1. The summed E-state index contributed by atoms with van der Waals surface area (Å²) in [5, 5.41) is 6.33. The van der Waals surface area contributed by atoms with Gasteiger partial charge in [-0.05, 0) is 56.0 Å². The molecule has 0 saturated carbocycles. The van der Waals surface area contributed by atoms with E-state index in [0.717, 1.165) is 30.8 Å². The Kier molecular flexibility index (Phi) is 5.87. The molecule has 1 aromatic carbocycles. The van der Waals surface area contributed by atoms with Crippen LogP contribution in [0.15, 0.2) is 24.3 Å². The molecule has 1 fully saturated rings. The number of hydrogen-bond donors (Lipinski definition) is 2. The van der Waals surface area contributed by atoms with Crippen LogP contribution in [-0.2, 0) is 11.3 Å². The van der Waals surface area contributed by atoms with E-state index in [1.807, 2.05) is 24.3 Å². The zero-order valence-electron chi connectivity index (χ0n) is 12.2. The van der Waals surface area contributed by atoms with Gasteiger partial charge in [0.05, 0.1) is 7.11 Å². The van der Waals surface area contributed by atoms with Crippen LogP contribution < -0.4 is 15.4 Å². The van der Waals surface area contributed by atoms with E-state index in [2.05, 4.69) is 10.6 Å². The zero-order valence-corrected chi connectivity index (χ0v) is 12.2. The highest BCUT2D eigenvalue weighted by Gasteiger charge is 2.14. The minimum atomic E-state index is 0.145. The highest BCUT2D eigenvalue weighted by Crippen LogP contribution is 2.17. The lowest BCUT2D eigenvalue weighted by Gasteiger charge is -2.22. The molecule has 1 aliphatic heterocycles. The van der Waals surface area contributed by atoms with Gasteiger partial charge in [-0.25, -0.2) is 0 Å². The first kappa shape index (κ1) is 14.9. The summed E-state index contributed by atoms with van der Waals surface area (Å²) in [4.78, 5) is 11.9. The molecule has 0 radical (unpaired) electrons. The van der Waals surface area contributed by atoms with Gasteiger partial charge in [0.2, 0.25) is 5.91 Å². The van der Waals surface area contributed by atoms with Crippen molar-refractivity contribution in [1.29, 1.82) is 0 Å². The van der Waals surface area contributed by atoms with Gasteiger partial charge in [-0.3, -0.25) is 4.79 Å². The van der Waals surface area contributed by atoms with E-state index >= 15 is 0 Å². The normalized spacial score (nSPS) is 15.8. The number of rotatable bonds is 6. The monoisotopic (exact) mass is 276 g/mol. The van der Waals surface area contributed by atoms with Gasteiger partial charge in [0.15, 0.2) is 0 Å². The first-order valence-electron chi connectivity index (χ1n) is 7.38. The molecule has 2 N–H and O–H groups in total. The molecule has 1 aromatic rings. The van der Waals surface area contributed by atoms with Crippen LogP contribution in [0.2, 0.25) is 0 Å². The Balaban J connectivity index is 1.68. The van der Waals surface area contributed by atoms with Crippen LogP contribution in [0.5, 0.6) is 5.75 Å². The van der Waals surface area contributed by atoms with Gasteiger partial charge in [0, 0.05) is 13.0 Å². The second-order valence-corrected chi connectivity index (χ2v) is 5.36. The Morgan fingerprint density at radius 2 is 2.20 bits per heavy atom. The van der Waals surface area contributed by atoms with Crippen LogP contribution in [0.4, 0.5) is 0 Å². The molecule has 20 heavy (non-hydrogen) atoms. The SMILES string of the molecule is COc1cccc(CNC(=O)CCC2CCNCC2)c1.